The van der Waals surface area contributed by atoms with Crippen LogP contribution in [-0.4, -0.2) is 58.4 Å². The van der Waals surface area contributed by atoms with Gasteiger partial charge in [0.25, 0.3) is 0 Å². The van der Waals surface area contributed by atoms with Crippen LogP contribution in [-0.2, 0) is 4.79 Å². The van der Waals surface area contributed by atoms with Gasteiger partial charge in [-0.05, 0) is 106 Å². The van der Waals surface area contributed by atoms with Crippen LogP contribution in [0.2, 0.25) is 0 Å². The fourth-order valence-corrected chi connectivity index (χ4v) is 6.26. The number of piperidine rings is 2. The van der Waals surface area contributed by atoms with Gasteiger partial charge >= 0.3 is 0 Å². The van der Waals surface area contributed by atoms with Crippen LogP contribution in [0.15, 0.2) is 30.3 Å². The van der Waals surface area contributed by atoms with Crippen LogP contribution in [0.25, 0.3) is 22.2 Å². The standard InChI is InChI=1S/C31H42N4O/c1-20(2)30-27-18-25(6-7-28(27)33-31(30)26-16-22(4)32-23(5)17-26)24-10-14-35(15-11-24)29(36)19-34-12-8-21(3)9-13-34/h6-7,16-18,20-21,24,33H,8-15,19H2,1-5H3. The summed E-state index contributed by atoms with van der Waals surface area (Å²) in [5, 5.41) is 1.34. The predicted octanol–water partition coefficient (Wildman–Crippen LogP) is 6.41. The highest BCUT2D eigenvalue weighted by Crippen LogP contribution is 2.38. The molecule has 5 nitrogen and oxygen atoms in total. The monoisotopic (exact) mass is 486 g/mol. The van der Waals surface area contributed by atoms with E-state index in [1.807, 2.05) is 0 Å². The molecule has 0 saturated carbocycles. The van der Waals surface area contributed by atoms with E-state index in [2.05, 4.69) is 84.7 Å². The normalized spacial score (nSPS) is 18.4. The van der Waals surface area contributed by atoms with Gasteiger partial charge in [0, 0.05) is 40.9 Å². The van der Waals surface area contributed by atoms with Crippen molar-refractivity contribution in [3.63, 3.8) is 0 Å². The Hall–Kier alpha value is -2.66. The maximum Gasteiger partial charge on any atom is 0.236 e. The van der Waals surface area contributed by atoms with Crippen molar-refractivity contribution < 1.29 is 4.79 Å². The lowest BCUT2D eigenvalue weighted by atomic mass is 9.87. The first-order valence-corrected chi connectivity index (χ1v) is 13.9. The van der Waals surface area contributed by atoms with Crippen molar-refractivity contribution in [2.45, 2.75) is 72.1 Å². The van der Waals surface area contributed by atoms with Crippen LogP contribution in [0.1, 0.15) is 80.8 Å². The van der Waals surface area contributed by atoms with E-state index in [9.17, 15) is 4.79 Å². The highest BCUT2D eigenvalue weighted by Gasteiger charge is 2.27. The maximum absolute atomic E-state index is 12.9. The molecule has 5 rings (SSSR count). The molecule has 2 saturated heterocycles. The fourth-order valence-electron chi connectivity index (χ4n) is 6.26. The molecule has 4 heterocycles. The largest absolute Gasteiger partial charge is 0.354 e. The van der Waals surface area contributed by atoms with Crippen molar-refractivity contribution >= 4 is 16.8 Å². The van der Waals surface area contributed by atoms with Crippen molar-refractivity contribution in [1.82, 2.24) is 19.8 Å². The second-order valence-corrected chi connectivity index (χ2v) is 11.6. The van der Waals surface area contributed by atoms with E-state index in [4.69, 9.17) is 0 Å². The van der Waals surface area contributed by atoms with Crippen molar-refractivity contribution in [2.75, 3.05) is 32.7 Å². The number of H-pyrrole nitrogens is 1. The summed E-state index contributed by atoms with van der Waals surface area (Å²) < 4.78 is 0. The maximum atomic E-state index is 12.9. The quantitative estimate of drug-likeness (QED) is 0.453. The first-order chi connectivity index (χ1) is 17.3. The molecule has 0 radical (unpaired) electrons. The Kier molecular flexibility index (Phi) is 7.21. The summed E-state index contributed by atoms with van der Waals surface area (Å²) in [6.45, 7) is 15.5. The summed E-state index contributed by atoms with van der Waals surface area (Å²) in [4.78, 5) is 25.7. The molecule has 1 amide bonds. The summed E-state index contributed by atoms with van der Waals surface area (Å²) in [5.74, 6) is 2.04. The van der Waals surface area contributed by atoms with E-state index in [0.29, 0.717) is 24.3 Å². The second kappa shape index (κ2) is 10.4. The number of benzene rings is 1. The van der Waals surface area contributed by atoms with Gasteiger partial charge in [-0.15, -0.1) is 0 Å². The van der Waals surface area contributed by atoms with Gasteiger partial charge in [0.15, 0.2) is 0 Å². The lowest BCUT2D eigenvalue weighted by Gasteiger charge is -2.35. The zero-order chi connectivity index (χ0) is 25.4. The van der Waals surface area contributed by atoms with E-state index < -0.39 is 0 Å². The molecule has 0 aliphatic carbocycles. The Morgan fingerprint density at radius 2 is 1.67 bits per heavy atom. The second-order valence-electron chi connectivity index (χ2n) is 11.6. The first kappa shape index (κ1) is 25.0. The lowest BCUT2D eigenvalue weighted by Crippen LogP contribution is -2.45. The van der Waals surface area contributed by atoms with Crippen molar-refractivity contribution in [2.24, 2.45) is 5.92 Å². The molecule has 3 aromatic rings. The number of carbonyl (C=O) groups excluding carboxylic acids is 1. The minimum Gasteiger partial charge on any atom is -0.354 e. The first-order valence-electron chi connectivity index (χ1n) is 13.9. The number of nitrogens with zero attached hydrogens (tertiary/aromatic N) is 3. The number of likely N-dealkylation sites (tertiary alicyclic amines) is 2. The van der Waals surface area contributed by atoms with Crippen molar-refractivity contribution in [3.05, 3.63) is 52.8 Å². The summed E-state index contributed by atoms with van der Waals surface area (Å²) in [6.07, 6.45) is 4.53. The number of aromatic nitrogens is 2. The number of nitrogens with one attached hydrogen (secondary N) is 1. The third kappa shape index (κ3) is 5.22. The van der Waals surface area contributed by atoms with Crippen molar-refractivity contribution in [3.8, 4) is 11.3 Å². The molecule has 2 aliphatic heterocycles. The molecule has 192 valence electrons. The SMILES string of the molecule is Cc1cc(-c2[nH]c3ccc(C4CCN(C(=O)CN5CCC(C)CC5)CC4)cc3c2C(C)C)cc(C)n1. The van der Waals surface area contributed by atoms with E-state index in [-0.39, 0.29) is 0 Å². The van der Waals surface area contributed by atoms with Gasteiger partial charge in [0.1, 0.15) is 0 Å². The molecule has 0 unspecified atom stereocenters. The van der Waals surface area contributed by atoms with E-state index in [1.54, 1.807) is 0 Å². The van der Waals surface area contributed by atoms with Crippen molar-refractivity contribution in [1.29, 1.82) is 0 Å². The molecule has 1 aromatic carbocycles. The van der Waals surface area contributed by atoms with Gasteiger partial charge < -0.3 is 9.88 Å². The lowest BCUT2D eigenvalue weighted by molar-refractivity contribution is -0.133. The zero-order valence-electron chi connectivity index (χ0n) is 22.7. The topological polar surface area (TPSA) is 52.2 Å². The number of fused-ring (bicyclic) bond motifs is 1. The smallest absolute Gasteiger partial charge is 0.236 e. The van der Waals surface area contributed by atoms with Crippen LogP contribution in [0.3, 0.4) is 0 Å². The number of carbonyl (C=O) groups is 1. The Morgan fingerprint density at radius 1 is 1.00 bits per heavy atom. The minimum atomic E-state index is 0.318. The molecule has 5 heteroatoms. The number of hydrogen-bond acceptors (Lipinski definition) is 3. The average molecular weight is 487 g/mol. The minimum absolute atomic E-state index is 0.318. The van der Waals surface area contributed by atoms with Crippen LogP contribution in [0.5, 0.6) is 0 Å². The Balaban J connectivity index is 1.32. The van der Waals surface area contributed by atoms with E-state index >= 15 is 0 Å². The summed E-state index contributed by atoms with van der Waals surface area (Å²) in [6, 6.07) is 11.3. The number of hydrogen-bond donors (Lipinski definition) is 1. The van der Waals surface area contributed by atoms with Gasteiger partial charge in [-0.3, -0.25) is 14.7 Å². The van der Waals surface area contributed by atoms with Gasteiger partial charge in [-0.2, -0.15) is 0 Å². The third-order valence-electron chi connectivity index (χ3n) is 8.36. The van der Waals surface area contributed by atoms with E-state index in [0.717, 1.165) is 56.3 Å². The molecule has 2 aliphatic rings. The molecular weight excluding hydrogens is 444 g/mol. The molecular formula is C31H42N4O. The highest BCUT2D eigenvalue weighted by atomic mass is 16.2. The van der Waals surface area contributed by atoms with Gasteiger partial charge in [-0.1, -0.05) is 26.8 Å². The number of aromatic amines is 1. The van der Waals surface area contributed by atoms with E-state index in [1.165, 1.54) is 46.1 Å². The molecule has 0 bridgehead atoms. The van der Waals surface area contributed by atoms with Crippen LogP contribution < -0.4 is 0 Å². The van der Waals surface area contributed by atoms with Gasteiger partial charge in [0.05, 0.1) is 12.2 Å². The van der Waals surface area contributed by atoms with Crippen LogP contribution >= 0.6 is 0 Å². The zero-order valence-corrected chi connectivity index (χ0v) is 22.7. The summed E-state index contributed by atoms with van der Waals surface area (Å²) in [7, 11) is 0. The number of pyridine rings is 1. The Labute approximate surface area is 216 Å². The number of rotatable bonds is 5. The Morgan fingerprint density at radius 3 is 2.31 bits per heavy atom. The predicted molar refractivity (Wildman–Crippen MR) is 148 cm³/mol. The molecule has 0 atom stereocenters. The average Bonchev–Trinajstić information content (AvgIpc) is 3.24. The third-order valence-corrected chi connectivity index (χ3v) is 8.36. The number of amides is 1. The number of aryl methyl sites for hydroxylation is 2. The fraction of sp³-hybridized carbons (Fsp3) is 0.548. The molecule has 36 heavy (non-hydrogen) atoms. The van der Waals surface area contributed by atoms with Crippen LogP contribution in [0.4, 0.5) is 0 Å². The van der Waals surface area contributed by atoms with Gasteiger partial charge in [-0.25, -0.2) is 0 Å². The molecule has 0 spiro atoms. The molecule has 1 N–H and O–H groups in total. The highest BCUT2D eigenvalue weighted by molar-refractivity contribution is 5.92. The molecule has 2 aromatic heterocycles. The molecule has 2 fully saturated rings. The summed E-state index contributed by atoms with van der Waals surface area (Å²) >= 11 is 0. The summed E-state index contributed by atoms with van der Waals surface area (Å²) in [5.41, 5.74) is 8.54. The Bertz CT molecular complexity index is 1210. The van der Waals surface area contributed by atoms with Crippen LogP contribution in [0, 0.1) is 19.8 Å². The van der Waals surface area contributed by atoms with Gasteiger partial charge in [0.2, 0.25) is 5.91 Å².